The summed E-state index contributed by atoms with van der Waals surface area (Å²) in [6.45, 7) is 8.22. The van der Waals surface area contributed by atoms with Gasteiger partial charge in [0.15, 0.2) is 0 Å². The summed E-state index contributed by atoms with van der Waals surface area (Å²) in [5.74, 6) is 0. The maximum absolute atomic E-state index is 5.10. The predicted molar refractivity (Wildman–Crippen MR) is 69.2 cm³/mol. The van der Waals surface area contributed by atoms with Crippen molar-refractivity contribution in [2.45, 2.75) is 33.2 Å². The van der Waals surface area contributed by atoms with Crippen LogP contribution in [0.15, 0.2) is 0 Å². The lowest BCUT2D eigenvalue weighted by Crippen LogP contribution is -2.26. The Labute approximate surface area is 102 Å². The first kappa shape index (κ1) is 13.6. The molecular weight excluding hydrogens is 220 g/mol. The van der Waals surface area contributed by atoms with Crippen LogP contribution in [0.3, 0.4) is 0 Å². The summed E-state index contributed by atoms with van der Waals surface area (Å²) < 4.78 is 5.10. The molecule has 1 aromatic heterocycles. The van der Waals surface area contributed by atoms with Crippen molar-refractivity contribution >= 4 is 11.3 Å². The van der Waals surface area contributed by atoms with Gasteiger partial charge in [0.25, 0.3) is 0 Å². The molecule has 1 aromatic rings. The van der Waals surface area contributed by atoms with E-state index in [9.17, 15) is 0 Å². The van der Waals surface area contributed by atoms with Gasteiger partial charge in [-0.1, -0.05) is 6.92 Å². The number of methoxy groups -OCH3 is 1. The average molecular weight is 242 g/mol. The number of rotatable bonds is 6. The minimum Gasteiger partial charge on any atom is -0.383 e. The fourth-order valence-electron chi connectivity index (χ4n) is 1.63. The lowest BCUT2D eigenvalue weighted by atomic mass is 10.2. The van der Waals surface area contributed by atoms with Gasteiger partial charge in [-0.2, -0.15) is 0 Å². The Morgan fingerprint density at radius 1 is 1.50 bits per heavy atom. The van der Waals surface area contributed by atoms with Gasteiger partial charge in [-0.3, -0.25) is 4.90 Å². The quantitative estimate of drug-likeness (QED) is 0.767. The number of hydrogen-bond acceptors (Lipinski definition) is 4. The maximum Gasteiger partial charge on any atom is 0.0928 e. The predicted octanol–water partition coefficient (Wildman–Crippen LogP) is 2.65. The number of ether oxygens (including phenoxy) is 1. The van der Waals surface area contributed by atoms with Gasteiger partial charge in [0.1, 0.15) is 0 Å². The standard InChI is InChI=1S/C12H22N2OS/c1-6-11-13-9(2)12(16-11)10(3)14(4)7-8-15-5/h10H,6-8H2,1-5H3/t10-/m0/s1. The molecule has 0 N–H and O–H groups in total. The molecule has 3 nitrogen and oxygen atoms in total. The SMILES string of the molecule is CCc1nc(C)c([C@H](C)N(C)CCOC)s1. The zero-order chi connectivity index (χ0) is 12.1. The molecule has 1 heterocycles. The van der Waals surface area contributed by atoms with Crippen LogP contribution in [0.4, 0.5) is 0 Å². The normalized spacial score (nSPS) is 13.4. The largest absolute Gasteiger partial charge is 0.383 e. The molecule has 0 saturated carbocycles. The first-order chi connectivity index (χ1) is 7.60. The zero-order valence-corrected chi connectivity index (χ0v) is 11.7. The summed E-state index contributed by atoms with van der Waals surface area (Å²) in [6, 6.07) is 0.424. The molecule has 0 unspecified atom stereocenters. The van der Waals surface area contributed by atoms with Gasteiger partial charge >= 0.3 is 0 Å². The third-order valence-electron chi connectivity index (χ3n) is 2.87. The first-order valence-electron chi connectivity index (χ1n) is 5.75. The molecular formula is C12H22N2OS. The summed E-state index contributed by atoms with van der Waals surface area (Å²) in [5.41, 5.74) is 1.18. The highest BCUT2D eigenvalue weighted by molar-refractivity contribution is 7.11. The highest BCUT2D eigenvalue weighted by Gasteiger charge is 2.17. The number of hydrogen-bond donors (Lipinski definition) is 0. The van der Waals surface area contributed by atoms with Crippen LogP contribution in [0.25, 0.3) is 0 Å². The Morgan fingerprint density at radius 2 is 2.19 bits per heavy atom. The van der Waals surface area contributed by atoms with Crippen molar-refractivity contribution in [3.05, 3.63) is 15.6 Å². The number of aryl methyl sites for hydroxylation is 2. The molecule has 0 saturated heterocycles. The van der Waals surface area contributed by atoms with Gasteiger partial charge in [0.05, 0.1) is 17.3 Å². The van der Waals surface area contributed by atoms with Gasteiger partial charge < -0.3 is 4.74 Å². The molecule has 0 amide bonds. The van der Waals surface area contributed by atoms with E-state index in [0.717, 1.165) is 19.6 Å². The van der Waals surface area contributed by atoms with Gasteiger partial charge in [-0.05, 0) is 27.3 Å². The minimum absolute atomic E-state index is 0.424. The smallest absolute Gasteiger partial charge is 0.0928 e. The second-order valence-electron chi connectivity index (χ2n) is 4.06. The van der Waals surface area contributed by atoms with Crippen molar-refractivity contribution in [1.82, 2.24) is 9.88 Å². The fraction of sp³-hybridized carbons (Fsp3) is 0.750. The molecule has 0 aliphatic heterocycles. The van der Waals surface area contributed by atoms with Gasteiger partial charge in [-0.15, -0.1) is 11.3 Å². The molecule has 92 valence electrons. The van der Waals surface area contributed by atoms with Crippen molar-refractivity contribution in [3.63, 3.8) is 0 Å². The van der Waals surface area contributed by atoms with Crippen LogP contribution in [-0.2, 0) is 11.2 Å². The Bertz CT molecular complexity index is 325. The number of aromatic nitrogens is 1. The molecule has 0 aliphatic rings. The van der Waals surface area contributed by atoms with E-state index in [1.54, 1.807) is 7.11 Å². The molecule has 0 spiro atoms. The monoisotopic (exact) mass is 242 g/mol. The van der Waals surface area contributed by atoms with E-state index < -0.39 is 0 Å². The van der Waals surface area contributed by atoms with Crippen LogP contribution in [0.2, 0.25) is 0 Å². The Kier molecular flexibility index (Phi) is 5.38. The first-order valence-corrected chi connectivity index (χ1v) is 6.57. The zero-order valence-electron chi connectivity index (χ0n) is 10.9. The Hall–Kier alpha value is -0.450. The summed E-state index contributed by atoms with van der Waals surface area (Å²) in [5, 5.41) is 1.24. The molecule has 1 rings (SSSR count). The molecule has 1 atom stereocenters. The van der Waals surface area contributed by atoms with Crippen LogP contribution < -0.4 is 0 Å². The van der Waals surface area contributed by atoms with Crippen molar-refractivity contribution in [3.8, 4) is 0 Å². The second-order valence-corrected chi connectivity index (χ2v) is 5.18. The van der Waals surface area contributed by atoms with Crippen LogP contribution in [0.5, 0.6) is 0 Å². The van der Waals surface area contributed by atoms with E-state index in [1.807, 2.05) is 11.3 Å². The van der Waals surface area contributed by atoms with Crippen molar-refractivity contribution in [1.29, 1.82) is 0 Å². The van der Waals surface area contributed by atoms with Gasteiger partial charge in [0, 0.05) is 24.6 Å². The number of thiazole rings is 1. The topological polar surface area (TPSA) is 25.4 Å². The molecule has 0 bridgehead atoms. The van der Waals surface area contributed by atoms with Crippen molar-refractivity contribution < 1.29 is 4.74 Å². The highest BCUT2D eigenvalue weighted by atomic mass is 32.1. The molecule has 0 radical (unpaired) electrons. The third-order valence-corrected chi connectivity index (χ3v) is 4.34. The average Bonchev–Trinajstić information content (AvgIpc) is 2.66. The van der Waals surface area contributed by atoms with Crippen LogP contribution in [0.1, 0.15) is 35.5 Å². The van der Waals surface area contributed by atoms with E-state index in [2.05, 4.69) is 37.7 Å². The van der Waals surface area contributed by atoms with E-state index in [0.29, 0.717) is 6.04 Å². The van der Waals surface area contributed by atoms with Gasteiger partial charge in [-0.25, -0.2) is 4.98 Å². The molecule has 4 heteroatoms. The van der Waals surface area contributed by atoms with Crippen molar-refractivity contribution in [2.75, 3.05) is 27.3 Å². The Balaban J connectivity index is 2.70. The maximum atomic E-state index is 5.10. The third kappa shape index (κ3) is 3.27. The molecule has 0 fully saturated rings. The van der Waals surface area contributed by atoms with E-state index in [-0.39, 0.29) is 0 Å². The summed E-state index contributed by atoms with van der Waals surface area (Å²) in [7, 11) is 3.88. The van der Waals surface area contributed by atoms with Crippen LogP contribution in [0, 0.1) is 6.92 Å². The van der Waals surface area contributed by atoms with E-state index >= 15 is 0 Å². The highest BCUT2D eigenvalue weighted by Crippen LogP contribution is 2.28. The lowest BCUT2D eigenvalue weighted by Gasteiger charge is -2.23. The molecule has 16 heavy (non-hydrogen) atoms. The molecule has 0 aromatic carbocycles. The van der Waals surface area contributed by atoms with E-state index in [4.69, 9.17) is 4.74 Å². The fourth-order valence-corrected chi connectivity index (χ4v) is 2.76. The minimum atomic E-state index is 0.424. The number of likely N-dealkylation sites (N-methyl/N-ethyl adjacent to an activating group) is 1. The summed E-state index contributed by atoms with van der Waals surface area (Å²) in [6.07, 6.45) is 1.03. The summed E-state index contributed by atoms with van der Waals surface area (Å²) >= 11 is 1.84. The van der Waals surface area contributed by atoms with E-state index in [1.165, 1.54) is 15.6 Å². The summed E-state index contributed by atoms with van der Waals surface area (Å²) in [4.78, 5) is 8.27. The van der Waals surface area contributed by atoms with Crippen LogP contribution in [-0.4, -0.2) is 37.2 Å². The lowest BCUT2D eigenvalue weighted by molar-refractivity contribution is 0.144. The van der Waals surface area contributed by atoms with Gasteiger partial charge in [0.2, 0.25) is 0 Å². The van der Waals surface area contributed by atoms with Crippen LogP contribution >= 0.6 is 11.3 Å². The Morgan fingerprint density at radius 3 is 2.69 bits per heavy atom. The second kappa shape index (κ2) is 6.33. The number of nitrogens with zero attached hydrogens (tertiary/aromatic N) is 2. The van der Waals surface area contributed by atoms with Crippen molar-refractivity contribution in [2.24, 2.45) is 0 Å². The molecule has 0 aliphatic carbocycles.